The number of phenols is 1. The van der Waals surface area contributed by atoms with Gasteiger partial charge in [-0.2, -0.15) is 0 Å². The zero-order valence-electron chi connectivity index (χ0n) is 8.87. The van der Waals surface area contributed by atoms with Crippen LogP contribution in [0.15, 0.2) is 22.7 Å². The Hall–Kier alpha value is -1.07. The fourth-order valence-corrected chi connectivity index (χ4v) is 1.72. The fraction of sp³-hybridized carbons (Fsp3) is 0.364. The molecule has 1 aromatic carbocycles. The number of nitrogens with two attached hydrogens (primary N) is 1. The minimum atomic E-state index is -0.285. The van der Waals surface area contributed by atoms with Crippen LogP contribution < -0.4 is 11.1 Å². The smallest absolute Gasteiger partial charge is 0.217 e. The van der Waals surface area contributed by atoms with E-state index in [1.807, 2.05) is 12.1 Å². The Balaban J connectivity index is 2.32. The van der Waals surface area contributed by atoms with Crippen molar-refractivity contribution in [3.8, 4) is 5.75 Å². The molecule has 4 N–H and O–H groups in total. The summed E-state index contributed by atoms with van der Waals surface area (Å²) in [4.78, 5) is 10.5. The van der Waals surface area contributed by atoms with Crippen LogP contribution in [0.4, 0.5) is 0 Å². The number of primary amides is 1. The minimum Gasteiger partial charge on any atom is -0.506 e. The van der Waals surface area contributed by atoms with Crippen molar-refractivity contribution in [2.45, 2.75) is 19.4 Å². The van der Waals surface area contributed by atoms with E-state index in [4.69, 9.17) is 5.73 Å². The number of halogens is 1. The number of amides is 1. The number of carbonyl (C=O) groups excluding carboxylic acids is 1. The Morgan fingerprint density at radius 3 is 2.94 bits per heavy atom. The number of nitrogens with one attached hydrogen (secondary N) is 1. The third-order valence-corrected chi connectivity index (χ3v) is 2.80. The average Bonchev–Trinajstić information content (AvgIpc) is 2.23. The number of benzene rings is 1. The topological polar surface area (TPSA) is 75.4 Å². The molecule has 0 saturated carbocycles. The fourth-order valence-electron chi connectivity index (χ4n) is 1.31. The Morgan fingerprint density at radius 1 is 1.50 bits per heavy atom. The van der Waals surface area contributed by atoms with Gasteiger partial charge >= 0.3 is 0 Å². The van der Waals surface area contributed by atoms with Crippen molar-refractivity contribution < 1.29 is 9.90 Å². The molecule has 0 heterocycles. The molecule has 1 aromatic rings. The molecule has 0 unspecified atom stereocenters. The zero-order valence-corrected chi connectivity index (χ0v) is 10.5. The first-order valence-electron chi connectivity index (χ1n) is 5.06. The summed E-state index contributed by atoms with van der Waals surface area (Å²) >= 11 is 3.25. The van der Waals surface area contributed by atoms with Gasteiger partial charge in [-0.15, -0.1) is 0 Å². The number of para-hydroxylation sites is 1. The van der Waals surface area contributed by atoms with Crippen molar-refractivity contribution >= 4 is 21.8 Å². The molecule has 0 fully saturated rings. The van der Waals surface area contributed by atoms with Gasteiger partial charge in [0.15, 0.2) is 0 Å². The van der Waals surface area contributed by atoms with Crippen molar-refractivity contribution in [3.05, 3.63) is 28.2 Å². The second-order valence-corrected chi connectivity index (χ2v) is 4.35. The van der Waals surface area contributed by atoms with E-state index < -0.39 is 0 Å². The first kappa shape index (κ1) is 13.0. The summed E-state index contributed by atoms with van der Waals surface area (Å²) in [6.45, 7) is 1.28. The molecule has 1 rings (SSSR count). The maximum atomic E-state index is 10.5. The van der Waals surface area contributed by atoms with Gasteiger partial charge in [0.1, 0.15) is 5.75 Å². The Labute approximate surface area is 103 Å². The van der Waals surface area contributed by atoms with Gasteiger partial charge in [0.05, 0.1) is 4.47 Å². The molecular formula is C11H15BrN2O2. The number of hydrogen-bond acceptors (Lipinski definition) is 3. The van der Waals surface area contributed by atoms with Gasteiger partial charge in [0.25, 0.3) is 0 Å². The van der Waals surface area contributed by atoms with Crippen molar-refractivity contribution in [1.82, 2.24) is 5.32 Å². The molecule has 0 atom stereocenters. The molecular weight excluding hydrogens is 272 g/mol. The van der Waals surface area contributed by atoms with Gasteiger partial charge < -0.3 is 16.2 Å². The predicted molar refractivity (Wildman–Crippen MR) is 65.9 cm³/mol. The predicted octanol–water partition coefficient (Wildman–Crippen LogP) is 1.51. The van der Waals surface area contributed by atoms with Gasteiger partial charge in [-0.05, 0) is 35.0 Å². The number of carbonyl (C=O) groups is 1. The molecule has 0 bridgehead atoms. The molecule has 5 heteroatoms. The van der Waals surface area contributed by atoms with E-state index in [1.165, 1.54) is 0 Å². The van der Waals surface area contributed by atoms with Crippen LogP contribution >= 0.6 is 15.9 Å². The molecule has 1 amide bonds. The lowest BCUT2D eigenvalue weighted by molar-refractivity contribution is -0.118. The maximum Gasteiger partial charge on any atom is 0.217 e. The van der Waals surface area contributed by atoms with Crippen LogP contribution in [0.25, 0.3) is 0 Å². The van der Waals surface area contributed by atoms with Crippen LogP contribution in [0.3, 0.4) is 0 Å². The molecule has 0 radical (unpaired) electrons. The molecule has 0 aromatic heterocycles. The average molecular weight is 287 g/mol. The van der Waals surface area contributed by atoms with E-state index in [2.05, 4.69) is 21.2 Å². The highest BCUT2D eigenvalue weighted by atomic mass is 79.9. The molecule has 0 aliphatic carbocycles. The lowest BCUT2D eigenvalue weighted by atomic mass is 10.2. The molecule has 88 valence electrons. The molecule has 16 heavy (non-hydrogen) atoms. The van der Waals surface area contributed by atoms with Gasteiger partial charge in [-0.3, -0.25) is 4.79 Å². The van der Waals surface area contributed by atoms with Crippen LogP contribution in [-0.2, 0) is 11.3 Å². The van der Waals surface area contributed by atoms with E-state index in [1.54, 1.807) is 6.07 Å². The Kier molecular flexibility index (Phi) is 5.28. The number of aromatic hydroxyl groups is 1. The minimum absolute atomic E-state index is 0.255. The summed E-state index contributed by atoms with van der Waals surface area (Å²) in [6.07, 6.45) is 1.10. The second kappa shape index (κ2) is 6.50. The molecule has 0 spiro atoms. The van der Waals surface area contributed by atoms with E-state index >= 15 is 0 Å². The molecule has 0 aliphatic rings. The van der Waals surface area contributed by atoms with Crippen molar-refractivity contribution in [1.29, 1.82) is 0 Å². The summed E-state index contributed by atoms with van der Waals surface area (Å²) in [5.74, 6) is -0.0306. The molecule has 0 aliphatic heterocycles. The number of hydrogen-bond donors (Lipinski definition) is 3. The molecule has 0 saturated heterocycles. The van der Waals surface area contributed by atoms with Gasteiger partial charge in [0, 0.05) is 18.5 Å². The summed E-state index contributed by atoms with van der Waals surface area (Å²) < 4.78 is 0.684. The van der Waals surface area contributed by atoms with Gasteiger partial charge in [-0.25, -0.2) is 0 Å². The highest BCUT2D eigenvalue weighted by molar-refractivity contribution is 9.10. The Bertz CT molecular complexity index is 369. The SMILES string of the molecule is NC(=O)CCCNCc1cccc(Br)c1O. The third-order valence-electron chi connectivity index (χ3n) is 2.16. The highest BCUT2D eigenvalue weighted by Gasteiger charge is 2.03. The van der Waals surface area contributed by atoms with Crippen molar-refractivity contribution in [2.24, 2.45) is 5.73 Å². The Morgan fingerprint density at radius 2 is 2.25 bits per heavy atom. The van der Waals surface area contributed by atoms with E-state index in [0.717, 1.165) is 5.56 Å². The monoisotopic (exact) mass is 286 g/mol. The largest absolute Gasteiger partial charge is 0.506 e. The standard InChI is InChI=1S/C11H15BrN2O2/c12-9-4-1-3-8(11(9)16)7-14-6-2-5-10(13)15/h1,3-4,14,16H,2,5-7H2,(H2,13,15). The number of rotatable bonds is 6. The lowest BCUT2D eigenvalue weighted by Crippen LogP contribution is -2.18. The first-order valence-corrected chi connectivity index (χ1v) is 5.86. The number of phenolic OH excluding ortho intramolecular Hbond substituents is 1. The van der Waals surface area contributed by atoms with Crippen LogP contribution in [-0.4, -0.2) is 17.6 Å². The second-order valence-electron chi connectivity index (χ2n) is 3.49. The summed E-state index contributed by atoms with van der Waals surface area (Å²) in [6, 6.07) is 5.50. The van der Waals surface area contributed by atoms with Gasteiger partial charge in [-0.1, -0.05) is 12.1 Å². The van der Waals surface area contributed by atoms with Gasteiger partial charge in [0.2, 0.25) is 5.91 Å². The van der Waals surface area contributed by atoms with Crippen LogP contribution in [0, 0.1) is 0 Å². The summed E-state index contributed by atoms with van der Waals surface area (Å²) in [5.41, 5.74) is 5.84. The normalized spacial score (nSPS) is 10.3. The third kappa shape index (κ3) is 4.20. The van der Waals surface area contributed by atoms with Crippen LogP contribution in [0.1, 0.15) is 18.4 Å². The zero-order chi connectivity index (χ0) is 12.0. The van der Waals surface area contributed by atoms with E-state index in [9.17, 15) is 9.90 Å². The van der Waals surface area contributed by atoms with E-state index in [0.29, 0.717) is 30.4 Å². The van der Waals surface area contributed by atoms with Crippen molar-refractivity contribution in [3.63, 3.8) is 0 Å². The van der Waals surface area contributed by atoms with Crippen LogP contribution in [0.2, 0.25) is 0 Å². The first-order chi connectivity index (χ1) is 7.61. The molecule has 4 nitrogen and oxygen atoms in total. The van der Waals surface area contributed by atoms with Crippen LogP contribution in [0.5, 0.6) is 5.75 Å². The summed E-state index contributed by atoms with van der Waals surface area (Å²) in [5, 5.41) is 12.8. The maximum absolute atomic E-state index is 10.5. The lowest BCUT2D eigenvalue weighted by Gasteiger charge is -2.07. The van der Waals surface area contributed by atoms with Crippen molar-refractivity contribution in [2.75, 3.05) is 6.54 Å². The highest BCUT2D eigenvalue weighted by Crippen LogP contribution is 2.27. The quantitative estimate of drug-likeness (QED) is 0.694. The van der Waals surface area contributed by atoms with E-state index in [-0.39, 0.29) is 11.7 Å². The summed E-state index contributed by atoms with van der Waals surface area (Å²) in [7, 11) is 0.